The zero-order valence-corrected chi connectivity index (χ0v) is 17.7. The maximum Gasteiger partial charge on any atom is 0.232 e. The summed E-state index contributed by atoms with van der Waals surface area (Å²) in [5.74, 6) is 2.52. The van der Waals surface area contributed by atoms with Gasteiger partial charge in [0.05, 0.1) is 5.41 Å². The van der Waals surface area contributed by atoms with Gasteiger partial charge in [-0.2, -0.15) is 0 Å². The van der Waals surface area contributed by atoms with Crippen LogP contribution in [0.3, 0.4) is 0 Å². The van der Waals surface area contributed by atoms with Crippen LogP contribution in [0, 0.1) is 36.0 Å². The van der Waals surface area contributed by atoms with Crippen molar-refractivity contribution in [2.75, 3.05) is 10.6 Å². The van der Waals surface area contributed by atoms with Gasteiger partial charge in [-0.05, 0) is 106 Å². The van der Waals surface area contributed by atoms with Crippen LogP contribution in [0.4, 0.5) is 11.4 Å². The molecule has 5 nitrogen and oxygen atoms in total. The molecule has 6 rings (SSSR count). The number of anilines is 2. The van der Waals surface area contributed by atoms with Gasteiger partial charge in [0.15, 0.2) is 5.11 Å². The van der Waals surface area contributed by atoms with E-state index in [-0.39, 0.29) is 23.1 Å². The first kappa shape index (κ1) is 19.0. The molecule has 5 aliphatic rings. The van der Waals surface area contributed by atoms with Crippen molar-refractivity contribution in [2.45, 2.75) is 58.3 Å². The molecule has 0 heterocycles. The van der Waals surface area contributed by atoms with Crippen molar-refractivity contribution in [3.05, 3.63) is 23.8 Å². The average molecular weight is 412 g/mol. The summed E-state index contributed by atoms with van der Waals surface area (Å²) in [7, 11) is 0. The lowest BCUT2D eigenvalue weighted by Crippen LogP contribution is -2.55. The number of amides is 2. The molecule has 5 aliphatic carbocycles. The van der Waals surface area contributed by atoms with E-state index in [4.69, 9.17) is 12.2 Å². The van der Waals surface area contributed by atoms with Gasteiger partial charge in [-0.15, -0.1) is 0 Å². The van der Waals surface area contributed by atoms with Gasteiger partial charge in [0.1, 0.15) is 0 Å². The molecular formula is C23H29N3O2S. The summed E-state index contributed by atoms with van der Waals surface area (Å²) in [6.45, 7) is 1.97. The Balaban J connectivity index is 1.23. The van der Waals surface area contributed by atoms with Gasteiger partial charge in [0.25, 0.3) is 0 Å². The fraction of sp³-hybridized carbons (Fsp3) is 0.609. The summed E-state index contributed by atoms with van der Waals surface area (Å²) in [5.41, 5.74) is 2.37. The molecule has 154 valence electrons. The maximum atomic E-state index is 13.2. The van der Waals surface area contributed by atoms with Crippen LogP contribution < -0.4 is 16.0 Å². The summed E-state index contributed by atoms with van der Waals surface area (Å²) >= 11 is 5.45. The molecule has 2 amide bonds. The highest BCUT2D eigenvalue weighted by Crippen LogP contribution is 2.60. The second kappa shape index (κ2) is 7.08. The molecule has 5 fully saturated rings. The first-order valence-electron chi connectivity index (χ1n) is 10.9. The molecule has 1 aromatic rings. The molecule has 29 heavy (non-hydrogen) atoms. The summed E-state index contributed by atoms with van der Waals surface area (Å²) in [6, 6.07) is 5.76. The molecule has 5 saturated carbocycles. The van der Waals surface area contributed by atoms with Crippen molar-refractivity contribution in [2.24, 2.45) is 29.1 Å². The predicted octanol–water partition coefficient (Wildman–Crippen LogP) is 4.37. The minimum Gasteiger partial charge on any atom is -0.332 e. The highest BCUT2D eigenvalue weighted by atomic mass is 32.1. The van der Waals surface area contributed by atoms with Crippen LogP contribution in [0.2, 0.25) is 0 Å². The van der Waals surface area contributed by atoms with Crippen molar-refractivity contribution < 1.29 is 9.59 Å². The Hall–Kier alpha value is -1.95. The van der Waals surface area contributed by atoms with Crippen LogP contribution in [0.5, 0.6) is 0 Å². The van der Waals surface area contributed by atoms with Gasteiger partial charge < -0.3 is 16.0 Å². The van der Waals surface area contributed by atoms with E-state index in [1.807, 2.05) is 25.1 Å². The third kappa shape index (κ3) is 3.79. The van der Waals surface area contributed by atoms with E-state index in [1.54, 1.807) is 0 Å². The number of carbonyl (C=O) groups is 2. The number of carbonyl (C=O) groups excluding carboxylic acids is 2. The van der Waals surface area contributed by atoms with E-state index in [0.29, 0.717) is 5.11 Å². The lowest BCUT2D eigenvalue weighted by Gasteiger charge is -2.55. The van der Waals surface area contributed by atoms with Gasteiger partial charge in [0.2, 0.25) is 11.8 Å². The topological polar surface area (TPSA) is 70.2 Å². The van der Waals surface area contributed by atoms with E-state index in [9.17, 15) is 9.59 Å². The summed E-state index contributed by atoms with van der Waals surface area (Å²) in [5, 5.41) is 9.47. The minimum absolute atomic E-state index is 0.0861. The van der Waals surface area contributed by atoms with Crippen molar-refractivity contribution in [1.29, 1.82) is 0 Å². The second-order valence-electron chi connectivity index (χ2n) is 9.90. The van der Waals surface area contributed by atoms with Crippen LogP contribution in [-0.4, -0.2) is 16.9 Å². The Kier molecular flexibility index (Phi) is 4.65. The Labute approximate surface area is 177 Å². The lowest BCUT2D eigenvalue weighted by molar-refractivity contribution is -0.144. The third-order valence-electron chi connectivity index (χ3n) is 7.45. The summed E-state index contributed by atoms with van der Waals surface area (Å²) in [6.07, 6.45) is 8.96. The first-order valence-corrected chi connectivity index (χ1v) is 11.3. The van der Waals surface area contributed by atoms with Crippen LogP contribution in [0.15, 0.2) is 18.2 Å². The number of thiocarbonyl (C=S) groups is 1. The Morgan fingerprint density at radius 3 is 2.21 bits per heavy atom. The molecule has 0 saturated heterocycles. The number of hydrogen-bond acceptors (Lipinski definition) is 3. The molecule has 6 heteroatoms. The molecule has 0 atom stereocenters. The second-order valence-corrected chi connectivity index (χ2v) is 10.3. The van der Waals surface area contributed by atoms with E-state index in [1.165, 1.54) is 19.3 Å². The zero-order chi connectivity index (χ0) is 20.2. The number of hydrogen-bond donors (Lipinski definition) is 3. The fourth-order valence-electron chi connectivity index (χ4n) is 6.20. The van der Waals surface area contributed by atoms with E-state index in [0.717, 1.165) is 66.8 Å². The minimum atomic E-state index is -0.211. The van der Waals surface area contributed by atoms with Gasteiger partial charge in [-0.1, -0.05) is 6.07 Å². The van der Waals surface area contributed by atoms with Gasteiger partial charge >= 0.3 is 0 Å². The van der Waals surface area contributed by atoms with Gasteiger partial charge in [0, 0.05) is 17.3 Å². The molecule has 3 N–H and O–H groups in total. The van der Waals surface area contributed by atoms with Crippen LogP contribution in [0.1, 0.15) is 56.9 Å². The Morgan fingerprint density at radius 1 is 1.00 bits per heavy atom. The SMILES string of the molecule is Cc1ccc(NC(=S)NC(=O)C23CC4CC(CC(C4)C2)C3)cc1NC(=O)C1CC1. The molecule has 1 aromatic carbocycles. The number of benzene rings is 1. The molecule has 0 radical (unpaired) electrons. The fourth-order valence-corrected chi connectivity index (χ4v) is 6.41. The molecule has 0 aliphatic heterocycles. The van der Waals surface area contributed by atoms with Gasteiger partial charge in [-0.25, -0.2) is 0 Å². The van der Waals surface area contributed by atoms with Crippen molar-refractivity contribution in [3.63, 3.8) is 0 Å². The quantitative estimate of drug-likeness (QED) is 0.644. The lowest BCUT2D eigenvalue weighted by atomic mass is 9.49. The summed E-state index contributed by atoms with van der Waals surface area (Å²) in [4.78, 5) is 25.2. The van der Waals surface area contributed by atoms with Crippen LogP contribution in [0.25, 0.3) is 0 Å². The molecule has 0 unspecified atom stereocenters. The smallest absolute Gasteiger partial charge is 0.232 e. The number of aryl methyl sites for hydroxylation is 1. The van der Waals surface area contributed by atoms with E-state index in [2.05, 4.69) is 16.0 Å². The van der Waals surface area contributed by atoms with Crippen molar-refractivity contribution in [3.8, 4) is 0 Å². The number of nitrogens with one attached hydrogen (secondary N) is 3. The van der Waals surface area contributed by atoms with E-state index >= 15 is 0 Å². The molecule has 0 aromatic heterocycles. The normalized spacial score (nSPS) is 32.0. The summed E-state index contributed by atoms with van der Waals surface area (Å²) < 4.78 is 0. The Bertz CT molecular complexity index is 842. The monoisotopic (exact) mass is 411 g/mol. The van der Waals surface area contributed by atoms with Crippen molar-refractivity contribution in [1.82, 2.24) is 5.32 Å². The van der Waals surface area contributed by atoms with Gasteiger partial charge in [-0.3, -0.25) is 9.59 Å². The standard InChI is InChI=1S/C23H29N3O2S/c1-13-2-5-18(9-19(13)25-20(27)17-3-4-17)24-22(29)26-21(28)23-10-14-6-15(11-23)8-16(7-14)12-23/h2,5,9,14-17H,3-4,6-8,10-12H2,1H3,(H,25,27)(H2,24,26,28,29). The highest BCUT2D eigenvalue weighted by molar-refractivity contribution is 7.80. The third-order valence-corrected chi connectivity index (χ3v) is 7.65. The largest absolute Gasteiger partial charge is 0.332 e. The maximum absolute atomic E-state index is 13.2. The van der Waals surface area contributed by atoms with Crippen molar-refractivity contribution >= 4 is 40.5 Å². The average Bonchev–Trinajstić information content (AvgIpc) is 3.48. The highest BCUT2D eigenvalue weighted by Gasteiger charge is 2.54. The zero-order valence-electron chi connectivity index (χ0n) is 16.9. The molecule has 4 bridgehead atoms. The van der Waals surface area contributed by atoms with Crippen LogP contribution in [-0.2, 0) is 9.59 Å². The predicted molar refractivity (Wildman–Crippen MR) is 118 cm³/mol. The first-order chi connectivity index (χ1) is 13.9. The molecule has 0 spiro atoms. The van der Waals surface area contributed by atoms with E-state index < -0.39 is 0 Å². The Morgan fingerprint density at radius 2 is 1.62 bits per heavy atom. The van der Waals surface area contributed by atoms with Crippen LogP contribution >= 0.6 is 12.2 Å². The number of rotatable bonds is 4. The molecular weight excluding hydrogens is 382 g/mol.